The summed E-state index contributed by atoms with van der Waals surface area (Å²) in [4.78, 5) is 0.830. The van der Waals surface area contributed by atoms with E-state index in [0.29, 0.717) is 32.8 Å². The van der Waals surface area contributed by atoms with Crippen molar-refractivity contribution >= 4 is 17.1 Å². The van der Waals surface area contributed by atoms with Crippen molar-refractivity contribution in [3.8, 4) is 0 Å². The van der Waals surface area contributed by atoms with Crippen molar-refractivity contribution in [2.75, 3.05) is 6.61 Å². The predicted octanol–water partition coefficient (Wildman–Crippen LogP) is 6.45. The molecule has 1 saturated heterocycles. The third kappa shape index (κ3) is 8.40. The van der Waals surface area contributed by atoms with Gasteiger partial charge in [0.2, 0.25) is 0 Å². The van der Waals surface area contributed by atoms with Gasteiger partial charge in [0.1, 0.15) is 18.3 Å². The fourth-order valence-corrected chi connectivity index (χ4v) is 4.65. The van der Waals surface area contributed by atoms with Crippen LogP contribution in [0.2, 0.25) is 0 Å². The second-order valence-corrected chi connectivity index (χ2v) is 10.1. The van der Waals surface area contributed by atoms with Gasteiger partial charge in [0.05, 0.1) is 32.5 Å². The maximum absolute atomic E-state index is 6.61. The quantitative estimate of drug-likeness (QED) is 0.176. The van der Waals surface area contributed by atoms with Crippen LogP contribution >= 0.6 is 12.2 Å². The molecule has 200 valence electrons. The summed E-state index contributed by atoms with van der Waals surface area (Å²) in [5.74, 6) is 0. The second kappa shape index (κ2) is 15.0. The zero-order valence-electron chi connectivity index (χ0n) is 21.8. The molecule has 3 aromatic rings. The van der Waals surface area contributed by atoms with Crippen LogP contribution < -0.4 is 0 Å². The number of rotatable bonds is 14. The summed E-state index contributed by atoms with van der Waals surface area (Å²) in [5, 5.41) is 0. The normalized spacial score (nSPS) is 23.1. The fraction of sp³-hybridized carbons (Fsp3) is 0.344. The molecule has 0 aromatic heterocycles. The first-order valence-electron chi connectivity index (χ1n) is 13.0. The van der Waals surface area contributed by atoms with Gasteiger partial charge in [-0.3, -0.25) is 0 Å². The average molecular weight is 533 g/mol. The fourth-order valence-electron chi connectivity index (χ4n) is 4.49. The Balaban J connectivity index is 1.63. The minimum absolute atomic E-state index is 0.320. The Morgan fingerprint density at radius 3 is 1.61 bits per heavy atom. The monoisotopic (exact) mass is 532 g/mol. The van der Waals surface area contributed by atoms with Gasteiger partial charge in [-0.15, -0.1) is 6.58 Å². The number of ether oxygens (including phenoxy) is 5. The molecule has 0 radical (unpaired) electrons. The van der Waals surface area contributed by atoms with Crippen LogP contribution in [-0.4, -0.2) is 42.2 Å². The van der Waals surface area contributed by atoms with Crippen molar-refractivity contribution < 1.29 is 23.7 Å². The molecule has 3 aromatic carbocycles. The van der Waals surface area contributed by atoms with Crippen LogP contribution in [0.5, 0.6) is 0 Å². The highest BCUT2D eigenvalue weighted by atomic mass is 32.1. The van der Waals surface area contributed by atoms with E-state index in [1.54, 1.807) is 6.08 Å². The molecule has 1 aliphatic rings. The summed E-state index contributed by atoms with van der Waals surface area (Å²) in [7, 11) is 0. The summed E-state index contributed by atoms with van der Waals surface area (Å²) in [5.41, 5.74) is 3.18. The van der Waals surface area contributed by atoms with Crippen LogP contribution in [-0.2, 0) is 43.5 Å². The van der Waals surface area contributed by atoms with Gasteiger partial charge in [-0.05, 0) is 28.5 Å². The van der Waals surface area contributed by atoms with Gasteiger partial charge >= 0.3 is 0 Å². The topological polar surface area (TPSA) is 46.2 Å². The zero-order valence-corrected chi connectivity index (χ0v) is 22.6. The molecular weight excluding hydrogens is 496 g/mol. The Morgan fingerprint density at radius 1 is 0.711 bits per heavy atom. The molecular formula is C32H36O5S. The van der Waals surface area contributed by atoms with E-state index in [0.717, 1.165) is 21.6 Å². The summed E-state index contributed by atoms with van der Waals surface area (Å²) >= 11 is 5.49. The van der Waals surface area contributed by atoms with E-state index in [-0.39, 0.29) is 6.10 Å². The lowest BCUT2D eigenvalue weighted by Crippen LogP contribution is -2.61. The van der Waals surface area contributed by atoms with Gasteiger partial charge in [-0.2, -0.15) is 0 Å². The molecule has 0 saturated carbocycles. The first kappa shape index (κ1) is 28.3. The van der Waals surface area contributed by atoms with Crippen LogP contribution in [0.15, 0.2) is 104 Å². The predicted molar refractivity (Wildman–Crippen MR) is 153 cm³/mol. The Morgan fingerprint density at radius 2 is 1.16 bits per heavy atom. The highest BCUT2D eigenvalue weighted by Gasteiger charge is 2.48. The Kier molecular flexibility index (Phi) is 11.2. The zero-order chi connectivity index (χ0) is 26.6. The SMILES string of the molecule is C=CCO[C@H]1O[C@H](CC(C)=S)[C@@H](OCc2ccccc2)[C@H](OCc2ccccc2)[C@H]1OCc1ccccc1. The molecule has 1 aliphatic heterocycles. The van der Waals surface area contributed by atoms with Crippen molar-refractivity contribution in [2.24, 2.45) is 0 Å². The van der Waals surface area contributed by atoms with Crippen LogP contribution in [0.1, 0.15) is 30.0 Å². The van der Waals surface area contributed by atoms with Crippen molar-refractivity contribution in [3.63, 3.8) is 0 Å². The molecule has 1 heterocycles. The molecule has 0 amide bonds. The molecule has 0 unspecified atom stereocenters. The van der Waals surface area contributed by atoms with E-state index in [4.69, 9.17) is 35.9 Å². The molecule has 0 spiro atoms. The molecule has 0 N–H and O–H groups in total. The number of hydrogen-bond donors (Lipinski definition) is 0. The molecule has 0 bridgehead atoms. The lowest BCUT2D eigenvalue weighted by Gasteiger charge is -2.46. The van der Waals surface area contributed by atoms with Crippen molar-refractivity contribution in [2.45, 2.75) is 63.9 Å². The standard InChI is InChI=1S/C32H36O5S/c1-3-19-33-32-31(36-23-27-17-11-6-12-18-27)30(35-22-26-15-9-5-10-16-26)29(28(37-32)20-24(2)38)34-21-25-13-7-4-8-14-25/h3-18,28-32H,1,19-23H2,2H3/t28-,29-,30+,31-,32+/m1/s1. The summed E-state index contributed by atoms with van der Waals surface area (Å²) in [6, 6.07) is 30.2. The first-order chi connectivity index (χ1) is 18.6. The van der Waals surface area contributed by atoms with E-state index in [2.05, 4.69) is 6.58 Å². The second-order valence-electron chi connectivity index (χ2n) is 9.35. The minimum Gasteiger partial charge on any atom is -0.368 e. The van der Waals surface area contributed by atoms with Crippen LogP contribution in [0.3, 0.4) is 0 Å². The van der Waals surface area contributed by atoms with Crippen molar-refractivity contribution in [1.82, 2.24) is 0 Å². The van der Waals surface area contributed by atoms with Gasteiger partial charge < -0.3 is 23.7 Å². The molecule has 6 heteroatoms. The largest absolute Gasteiger partial charge is 0.368 e. The number of hydrogen-bond acceptors (Lipinski definition) is 6. The Labute approximate surface area is 231 Å². The third-order valence-corrected chi connectivity index (χ3v) is 6.48. The van der Waals surface area contributed by atoms with Crippen LogP contribution in [0.4, 0.5) is 0 Å². The van der Waals surface area contributed by atoms with Gasteiger partial charge in [-0.1, -0.05) is 109 Å². The highest BCUT2D eigenvalue weighted by Crippen LogP contribution is 2.32. The van der Waals surface area contributed by atoms with E-state index >= 15 is 0 Å². The summed E-state index contributed by atoms with van der Waals surface area (Å²) < 4.78 is 32.3. The lowest BCUT2D eigenvalue weighted by molar-refractivity contribution is -0.319. The van der Waals surface area contributed by atoms with E-state index < -0.39 is 24.6 Å². The van der Waals surface area contributed by atoms with E-state index in [9.17, 15) is 0 Å². The maximum atomic E-state index is 6.61. The number of thiocarbonyl (C=S) groups is 1. The third-order valence-electron chi connectivity index (χ3n) is 6.31. The van der Waals surface area contributed by atoms with Crippen molar-refractivity contribution in [1.29, 1.82) is 0 Å². The summed E-state index contributed by atoms with van der Waals surface area (Å²) in [6.45, 7) is 7.25. The highest BCUT2D eigenvalue weighted by molar-refractivity contribution is 7.80. The molecule has 38 heavy (non-hydrogen) atoms. The maximum Gasteiger partial charge on any atom is 0.187 e. The van der Waals surface area contributed by atoms with Crippen LogP contribution in [0, 0.1) is 0 Å². The molecule has 4 rings (SSSR count). The van der Waals surface area contributed by atoms with Gasteiger partial charge in [0.25, 0.3) is 0 Å². The lowest BCUT2D eigenvalue weighted by atomic mass is 9.95. The average Bonchev–Trinajstić information content (AvgIpc) is 2.95. The summed E-state index contributed by atoms with van der Waals surface area (Å²) in [6.07, 6.45) is -0.223. The Bertz CT molecular complexity index is 1110. The molecule has 0 aliphatic carbocycles. The van der Waals surface area contributed by atoms with Crippen LogP contribution in [0.25, 0.3) is 0 Å². The van der Waals surface area contributed by atoms with Crippen molar-refractivity contribution in [3.05, 3.63) is 120 Å². The molecule has 5 atom stereocenters. The van der Waals surface area contributed by atoms with E-state index in [1.807, 2.05) is 97.9 Å². The molecule has 5 nitrogen and oxygen atoms in total. The van der Waals surface area contributed by atoms with Gasteiger partial charge in [-0.25, -0.2) is 0 Å². The minimum atomic E-state index is -0.673. The Hall–Kier alpha value is -2.71. The number of benzene rings is 3. The molecule has 1 fully saturated rings. The van der Waals surface area contributed by atoms with E-state index in [1.165, 1.54) is 0 Å². The van der Waals surface area contributed by atoms with Gasteiger partial charge in [0, 0.05) is 6.42 Å². The smallest absolute Gasteiger partial charge is 0.187 e. The van der Waals surface area contributed by atoms with Gasteiger partial charge in [0.15, 0.2) is 6.29 Å². The first-order valence-corrected chi connectivity index (χ1v) is 13.4.